The molecule has 1 amide bonds. The van der Waals surface area contributed by atoms with E-state index in [0.29, 0.717) is 17.2 Å². The largest absolute Gasteiger partial charge is 0.508 e. The van der Waals surface area contributed by atoms with E-state index in [1.807, 2.05) is 24.3 Å². The second-order valence-electron chi connectivity index (χ2n) is 7.33. The molecule has 26 heavy (non-hydrogen) atoms. The molecular weight excluding hydrogens is 326 g/mol. The number of fused-ring (bicyclic) bond motifs is 4. The number of amides is 1. The van der Waals surface area contributed by atoms with Crippen molar-refractivity contribution in [2.75, 3.05) is 6.54 Å². The van der Waals surface area contributed by atoms with Crippen LogP contribution in [0, 0.1) is 0 Å². The number of hydrogen-bond acceptors (Lipinski definition) is 3. The standard InChI is InChI=1S/C21H21N3O2/c25-20-5-1-3-14-15-4-2-10-24(19(15)9-7-16(14)20)21(26)13-6-8-17-18(11-13)23-12-22-17/h1,3,5-6,8,11-12,15,19,25H,2,4,7,9-10H2,(H,22,23)/t15-,19-/m1/s1. The molecule has 1 saturated heterocycles. The number of rotatable bonds is 1. The molecule has 5 rings (SSSR count). The third-order valence-electron chi connectivity index (χ3n) is 5.99. The van der Waals surface area contributed by atoms with Crippen molar-refractivity contribution < 1.29 is 9.90 Å². The summed E-state index contributed by atoms with van der Waals surface area (Å²) in [6.45, 7) is 0.798. The van der Waals surface area contributed by atoms with E-state index in [9.17, 15) is 9.90 Å². The van der Waals surface area contributed by atoms with Crippen molar-refractivity contribution in [2.24, 2.45) is 0 Å². The molecule has 5 heteroatoms. The average molecular weight is 347 g/mol. The van der Waals surface area contributed by atoms with E-state index in [0.717, 1.165) is 48.8 Å². The Balaban J connectivity index is 1.49. The summed E-state index contributed by atoms with van der Waals surface area (Å²) in [4.78, 5) is 22.6. The third-order valence-corrected chi connectivity index (χ3v) is 5.99. The number of nitrogens with zero attached hydrogens (tertiary/aromatic N) is 2. The molecule has 1 aliphatic carbocycles. The number of likely N-dealkylation sites (tertiary alicyclic amines) is 1. The molecule has 1 fully saturated rings. The number of carbonyl (C=O) groups is 1. The number of benzene rings is 2. The van der Waals surface area contributed by atoms with Crippen LogP contribution in [-0.4, -0.2) is 38.5 Å². The minimum absolute atomic E-state index is 0.0909. The minimum atomic E-state index is 0.0909. The highest BCUT2D eigenvalue weighted by molar-refractivity contribution is 5.97. The van der Waals surface area contributed by atoms with Crippen LogP contribution in [0.25, 0.3) is 11.0 Å². The number of H-pyrrole nitrogens is 1. The van der Waals surface area contributed by atoms with Crippen molar-refractivity contribution in [1.29, 1.82) is 0 Å². The number of carbonyl (C=O) groups excluding carboxylic acids is 1. The van der Waals surface area contributed by atoms with Gasteiger partial charge in [-0.3, -0.25) is 4.79 Å². The van der Waals surface area contributed by atoms with Crippen LogP contribution in [0.15, 0.2) is 42.7 Å². The Bertz CT molecular complexity index is 994. The number of aromatic nitrogens is 2. The first-order valence-corrected chi connectivity index (χ1v) is 9.27. The lowest BCUT2D eigenvalue weighted by molar-refractivity contribution is 0.0546. The molecular formula is C21H21N3O2. The zero-order valence-electron chi connectivity index (χ0n) is 14.5. The second kappa shape index (κ2) is 5.87. The van der Waals surface area contributed by atoms with Gasteiger partial charge in [0.05, 0.1) is 17.4 Å². The molecule has 1 aliphatic heterocycles. The molecule has 0 spiro atoms. The Kier molecular flexibility index (Phi) is 3.48. The van der Waals surface area contributed by atoms with Gasteiger partial charge in [-0.25, -0.2) is 4.98 Å². The fraction of sp³-hybridized carbons (Fsp3) is 0.333. The third kappa shape index (κ3) is 2.30. The summed E-state index contributed by atoms with van der Waals surface area (Å²) in [7, 11) is 0. The van der Waals surface area contributed by atoms with Crippen LogP contribution in [0.2, 0.25) is 0 Å². The van der Waals surface area contributed by atoms with E-state index in [1.165, 1.54) is 5.56 Å². The Morgan fingerprint density at radius 2 is 2.15 bits per heavy atom. The summed E-state index contributed by atoms with van der Waals surface area (Å²) in [5, 5.41) is 10.2. The van der Waals surface area contributed by atoms with Gasteiger partial charge in [0.2, 0.25) is 0 Å². The van der Waals surface area contributed by atoms with Gasteiger partial charge in [-0.05, 0) is 61.1 Å². The van der Waals surface area contributed by atoms with Gasteiger partial charge >= 0.3 is 0 Å². The average Bonchev–Trinajstić information content (AvgIpc) is 3.15. The molecule has 1 aromatic heterocycles. The number of phenolic OH excluding ortho intramolecular Hbond substituents is 1. The van der Waals surface area contributed by atoms with Gasteiger partial charge in [-0.1, -0.05) is 12.1 Å². The maximum atomic E-state index is 13.2. The monoisotopic (exact) mass is 347 g/mol. The van der Waals surface area contributed by atoms with E-state index in [1.54, 1.807) is 12.4 Å². The van der Waals surface area contributed by atoms with Gasteiger partial charge in [0.15, 0.2) is 0 Å². The maximum Gasteiger partial charge on any atom is 0.254 e. The van der Waals surface area contributed by atoms with Crippen molar-refractivity contribution in [3.63, 3.8) is 0 Å². The van der Waals surface area contributed by atoms with Crippen molar-refractivity contribution in [2.45, 2.75) is 37.6 Å². The molecule has 2 heterocycles. The first-order valence-electron chi connectivity index (χ1n) is 9.27. The van der Waals surface area contributed by atoms with Crippen molar-refractivity contribution >= 4 is 16.9 Å². The Morgan fingerprint density at radius 1 is 1.23 bits per heavy atom. The first-order chi connectivity index (χ1) is 12.7. The highest BCUT2D eigenvalue weighted by atomic mass is 16.3. The van der Waals surface area contributed by atoms with Gasteiger partial charge in [0.25, 0.3) is 5.91 Å². The highest BCUT2D eigenvalue weighted by Gasteiger charge is 2.39. The summed E-state index contributed by atoms with van der Waals surface area (Å²) >= 11 is 0. The Morgan fingerprint density at radius 3 is 3.08 bits per heavy atom. The fourth-order valence-corrected chi connectivity index (χ4v) is 4.76. The van der Waals surface area contributed by atoms with Gasteiger partial charge in [-0.2, -0.15) is 0 Å². The zero-order chi connectivity index (χ0) is 17.7. The summed E-state index contributed by atoms with van der Waals surface area (Å²) < 4.78 is 0. The van der Waals surface area contributed by atoms with Crippen LogP contribution < -0.4 is 0 Å². The zero-order valence-corrected chi connectivity index (χ0v) is 14.5. The molecule has 0 saturated carbocycles. The van der Waals surface area contributed by atoms with Crippen LogP contribution in [0.3, 0.4) is 0 Å². The Labute approximate surface area is 151 Å². The van der Waals surface area contributed by atoms with Crippen molar-refractivity contribution in [1.82, 2.24) is 14.9 Å². The minimum Gasteiger partial charge on any atom is -0.508 e. The number of phenols is 1. The smallest absolute Gasteiger partial charge is 0.254 e. The van der Waals surface area contributed by atoms with Gasteiger partial charge in [-0.15, -0.1) is 0 Å². The fourth-order valence-electron chi connectivity index (χ4n) is 4.76. The van der Waals surface area contributed by atoms with Crippen LogP contribution in [0.1, 0.15) is 46.7 Å². The molecule has 5 nitrogen and oxygen atoms in total. The maximum absolute atomic E-state index is 13.2. The molecule has 2 atom stereocenters. The van der Waals surface area contributed by atoms with E-state index >= 15 is 0 Å². The number of nitrogens with one attached hydrogen (secondary N) is 1. The predicted molar refractivity (Wildman–Crippen MR) is 99.3 cm³/mol. The quantitative estimate of drug-likeness (QED) is 0.707. The normalized spacial score (nSPS) is 22.1. The number of aromatic amines is 1. The predicted octanol–water partition coefficient (Wildman–Crippen LogP) is 3.60. The molecule has 2 aromatic carbocycles. The van der Waals surface area contributed by atoms with E-state index < -0.39 is 0 Å². The summed E-state index contributed by atoms with van der Waals surface area (Å²) in [6, 6.07) is 11.7. The summed E-state index contributed by atoms with van der Waals surface area (Å²) in [6.07, 6.45) is 5.45. The molecule has 3 aromatic rings. The molecule has 0 bridgehead atoms. The lowest BCUT2D eigenvalue weighted by atomic mass is 9.74. The van der Waals surface area contributed by atoms with E-state index in [4.69, 9.17) is 0 Å². The molecule has 0 radical (unpaired) electrons. The van der Waals surface area contributed by atoms with Crippen molar-refractivity contribution in [3.8, 4) is 5.75 Å². The van der Waals surface area contributed by atoms with Crippen molar-refractivity contribution in [3.05, 3.63) is 59.4 Å². The lowest BCUT2D eigenvalue weighted by Crippen LogP contribution is -2.49. The van der Waals surface area contributed by atoms with Crippen LogP contribution in [0.4, 0.5) is 0 Å². The number of hydrogen-bond donors (Lipinski definition) is 2. The summed E-state index contributed by atoms with van der Waals surface area (Å²) in [5.41, 5.74) is 4.76. The topological polar surface area (TPSA) is 69.2 Å². The second-order valence-corrected chi connectivity index (χ2v) is 7.33. The van der Waals surface area contributed by atoms with Crippen LogP contribution in [0.5, 0.6) is 5.75 Å². The molecule has 132 valence electrons. The molecule has 2 N–H and O–H groups in total. The first kappa shape index (κ1) is 15.4. The van der Waals surface area contributed by atoms with Crippen LogP contribution >= 0.6 is 0 Å². The molecule has 0 unspecified atom stereocenters. The van der Waals surface area contributed by atoms with E-state index in [2.05, 4.69) is 20.9 Å². The van der Waals surface area contributed by atoms with Gasteiger partial charge in [0, 0.05) is 24.1 Å². The number of piperidine rings is 1. The molecule has 2 aliphatic rings. The van der Waals surface area contributed by atoms with Crippen LogP contribution in [-0.2, 0) is 6.42 Å². The number of imidazole rings is 1. The summed E-state index contributed by atoms with van der Waals surface area (Å²) in [5.74, 6) is 0.805. The van der Waals surface area contributed by atoms with Gasteiger partial charge < -0.3 is 15.0 Å². The van der Waals surface area contributed by atoms with E-state index in [-0.39, 0.29) is 11.9 Å². The lowest BCUT2D eigenvalue weighted by Gasteiger charge is -2.45. The SMILES string of the molecule is O=C(c1ccc2[nH]cnc2c1)N1CCC[C@@H]2c3cccc(O)c3CC[C@H]21. The number of aromatic hydroxyl groups is 1. The highest BCUT2D eigenvalue weighted by Crippen LogP contribution is 2.43. The Hall–Kier alpha value is -2.82. The van der Waals surface area contributed by atoms with Gasteiger partial charge in [0.1, 0.15) is 5.75 Å².